The van der Waals surface area contributed by atoms with Crippen molar-refractivity contribution in [3.63, 3.8) is 0 Å². The third-order valence-electron chi connectivity index (χ3n) is 4.90. The van der Waals surface area contributed by atoms with Crippen molar-refractivity contribution in [2.75, 3.05) is 12.4 Å². The second kappa shape index (κ2) is 8.81. The molecule has 8 heteroatoms. The summed E-state index contributed by atoms with van der Waals surface area (Å²) in [6, 6.07) is 13.5. The Morgan fingerprint density at radius 3 is 2.62 bits per heavy atom. The number of ether oxygens (including phenoxy) is 1. The maximum Gasteiger partial charge on any atom is 0.244 e. The number of hydrogen-bond acceptors (Lipinski definition) is 5. The maximum atomic E-state index is 13.9. The highest BCUT2D eigenvalue weighted by molar-refractivity contribution is 6.10. The highest BCUT2D eigenvalue weighted by atomic mass is 19.1. The number of ketones is 1. The minimum atomic E-state index is -0.615. The molecule has 32 heavy (non-hydrogen) atoms. The van der Waals surface area contributed by atoms with Crippen LogP contribution in [0.1, 0.15) is 15.9 Å². The van der Waals surface area contributed by atoms with E-state index in [2.05, 4.69) is 10.3 Å². The zero-order chi connectivity index (χ0) is 22.7. The van der Waals surface area contributed by atoms with Gasteiger partial charge in [0.1, 0.15) is 18.1 Å². The van der Waals surface area contributed by atoms with Gasteiger partial charge in [-0.3, -0.25) is 19.4 Å². The number of aromatic nitrogens is 2. The van der Waals surface area contributed by atoms with Gasteiger partial charge in [-0.2, -0.15) is 0 Å². The zero-order valence-electron chi connectivity index (χ0n) is 17.0. The van der Waals surface area contributed by atoms with Crippen molar-refractivity contribution in [1.29, 1.82) is 0 Å². The summed E-state index contributed by atoms with van der Waals surface area (Å²) in [5, 5.41) is 2.76. The maximum absolute atomic E-state index is 13.9. The molecule has 2 aromatic heterocycles. The van der Waals surface area contributed by atoms with Crippen LogP contribution < -0.4 is 15.5 Å². The van der Waals surface area contributed by atoms with Gasteiger partial charge in [-0.1, -0.05) is 6.07 Å². The third-order valence-corrected chi connectivity index (χ3v) is 4.90. The lowest BCUT2D eigenvalue weighted by Gasteiger charge is -2.14. The second-order valence-electron chi connectivity index (χ2n) is 7.01. The number of pyridine rings is 2. The molecule has 0 spiro atoms. The molecule has 1 amide bonds. The quantitative estimate of drug-likeness (QED) is 0.473. The molecule has 0 saturated carbocycles. The van der Waals surface area contributed by atoms with Gasteiger partial charge in [-0.05, 0) is 42.5 Å². The lowest BCUT2D eigenvalue weighted by atomic mass is 10.0. The minimum absolute atomic E-state index is 0.0130. The van der Waals surface area contributed by atoms with Crippen molar-refractivity contribution in [1.82, 2.24) is 9.55 Å². The molecule has 1 N–H and O–H groups in total. The molecule has 4 rings (SSSR count). The Balaban J connectivity index is 1.74. The molecule has 4 aromatic rings. The van der Waals surface area contributed by atoms with Gasteiger partial charge in [0.15, 0.2) is 5.78 Å². The van der Waals surface area contributed by atoms with Gasteiger partial charge in [0.05, 0.1) is 18.2 Å². The van der Waals surface area contributed by atoms with Crippen LogP contribution in [0.3, 0.4) is 0 Å². The first-order valence-electron chi connectivity index (χ1n) is 9.67. The first-order chi connectivity index (χ1) is 15.5. The molecule has 0 bridgehead atoms. The van der Waals surface area contributed by atoms with E-state index in [9.17, 15) is 18.8 Å². The van der Waals surface area contributed by atoms with Crippen molar-refractivity contribution >= 4 is 28.3 Å². The number of nitrogens with zero attached hydrogens (tertiary/aromatic N) is 2. The van der Waals surface area contributed by atoms with Crippen LogP contribution in [-0.4, -0.2) is 28.4 Å². The van der Waals surface area contributed by atoms with E-state index < -0.39 is 22.9 Å². The molecule has 7 nitrogen and oxygen atoms in total. The number of carbonyl (C=O) groups excluding carboxylic acids is 2. The molecule has 0 radical (unpaired) electrons. The van der Waals surface area contributed by atoms with E-state index >= 15 is 0 Å². The zero-order valence-corrected chi connectivity index (χ0v) is 17.0. The number of methoxy groups -OCH3 is 1. The number of anilines is 1. The largest absolute Gasteiger partial charge is 0.497 e. The SMILES string of the molecule is COc1cccc(NC(=O)Cn2cc(C(=O)c3ccncc3)c(=O)c3cc(F)ccc32)c1. The fourth-order valence-corrected chi connectivity index (χ4v) is 3.38. The molecule has 0 fully saturated rings. The van der Waals surface area contributed by atoms with Crippen LogP contribution >= 0.6 is 0 Å². The van der Waals surface area contributed by atoms with Crippen molar-refractivity contribution in [3.8, 4) is 5.75 Å². The number of amides is 1. The Morgan fingerprint density at radius 2 is 1.88 bits per heavy atom. The van der Waals surface area contributed by atoms with Crippen molar-refractivity contribution in [2.24, 2.45) is 0 Å². The fraction of sp³-hybridized carbons (Fsp3) is 0.0833. The van der Waals surface area contributed by atoms with E-state index in [0.29, 0.717) is 17.0 Å². The van der Waals surface area contributed by atoms with Crippen LogP contribution in [0.15, 0.2) is 78.0 Å². The summed E-state index contributed by atoms with van der Waals surface area (Å²) in [4.78, 5) is 42.5. The number of fused-ring (bicyclic) bond motifs is 1. The average molecular weight is 431 g/mol. The first-order valence-corrected chi connectivity index (χ1v) is 9.67. The average Bonchev–Trinajstić information content (AvgIpc) is 2.81. The molecule has 0 aliphatic rings. The van der Waals surface area contributed by atoms with Gasteiger partial charge >= 0.3 is 0 Å². The molecular formula is C24H18FN3O4. The Bertz CT molecular complexity index is 1380. The van der Waals surface area contributed by atoms with Crippen molar-refractivity contribution in [3.05, 3.63) is 100 Å². The summed E-state index contributed by atoms with van der Waals surface area (Å²) in [5.41, 5.74) is 0.358. The molecule has 2 aromatic carbocycles. The monoisotopic (exact) mass is 431 g/mol. The van der Waals surface area contributed by atoms with E-state index in [1.165, 1.54) is 54.5 Å². The number of halogens is 1. The Kier molecular flexibility index (Phi) is 5.76. The number of nitrogens with one attached hydrogen (secondary N) is 1. The van der Waals surface area contributed by atoms with Gasteiger partial charge in [0.2, 0.25) is 11.3 Å². The van der Waals surface area contributed by atoms with Gasteiger partial charge in [-0.15, -0.1) is 0 Å². The number of benzene rings is 2. The molecule has 0 saturated heterocycles. The highest BCUT2D eigenvalue weighted by Gasteiger charge is 2.18. The van der Waals surface area contributed by atoms with E-state index in [1.54, 1.807) is 24.3 Å². The number of hydrogen-bond donors (Lipinski definition) is 1. The molecular weight excluding hydrogens is 413 g/mol. The minimum Gasteiger partial charge on any atom is -0.497 e. The smallest absolute Gasteiger partial charge is 0.244 e. The van der Waals surface area contributed by atoms with E-state index in [4.69, 9.17) is 4.74 Å². The van der Waals surface area contributed by atoms with Gasteiger partial charge in [0, 0.05) is 41.3 Å². The van der Waals surface area contributed by atoms with Crippen LogP contribution in [0.2, 0.25) is 0 Å². The lowest BCUT2D eigenvalue weighted by molar-refractivity contribution is -0.116. The van der Waals surface area contributed by atoms with E-state index in [-0.39, 0.29) is 23.1 Å². The summed E-state index contributed by atoms with van der Waals surface area (Å²) in [7, 11) is 1.52. The van der Waals surface area contributed by atoms with E-state index in [1.807, 2.05) is 0 Å². The molecule has 160 valence electrons. The Labute approximate surface area is 182 Å². The highest BCUT2D eigenvalue weighted by Crippen LogP contribution is 2.18. The van der Waals surface area contributed by atoms with Gasteiger partial charge in [0.25, 0.3) is 0 Å². The Hall–Kier alpha value is -4.33. The summed E-state index contributed by atoms with van der Waals surface area (Å²) in [5.74, 6) is -0.965. The van der Waals surface area contributed by atoms with Gasteiger partial charge in [-0.25, -0.2) is 4.39 Å². The lowest BCUT2D eigenvalue weighted by Crippen LogP contribution is -2.24. The molecule has 0 aliphatic heterocycles. The van der Waals surface area contributed by atoms with Gasteiger partial charge < -0.3 is 14.6 Å². The van der Waals surface area contributed by atoms with Crippen LogP contribution in [0, 0.1) is 5.82 Å². The van der Waals surface area contributed by atoms with Crippen molar-refractivity contribution in [2.45, 2.75) is 6.54 Å². The van der Waals surface area contributed by atoms with Crippen molar-refractivity contribution < 1.29 is 18.7 Å². The predicted molar refractivity (Wildman–Crippen MR) is 117 cm³/mol. The number of rotatable bonds is 6. The first kappa shape index (κ1) is 20.9. The topological polar surface area (TPSA) is 90.3 Å². The summed E-state index contributed by atoms with van der Waals surface area (Å²) in [6.07, 6.45) is 4.21. The standard InChI is InChI=1S/C24H18FN3O4/c1-32-18-4-2-3-17(12-18)27-22(29)14-28-13-20(23(30)15-7-9-26-10-8-15)24(31)19-11-16(25)5-6-21(19)28/h2-13H,14H2,1H3,(H,27,29). The fourth-order valence-electron chi connectivity index (χ4n) is 3.38. The van der Waals surface area contributed by atoms with Crippen LogP contribution in [0.4, 0.5) is 10.1 Å². The van der Waals surface area contributed by atoms with Crippen LogP contribution in [0.25, 0.3) is 10.9 Å². The second-order valence-corrected chi connectivity index (χ2v) is 7.01. The molecule has 0 atom stereocenters. The molecule has 0 unspecified atom stereocenters. The Morgan fingerprint density at radius 1 is 1.09 bits per heavy atom. The normalized spacial score (nSPS) is 10.7. The van der Waals surface area contributed by atoms with Crippen LogP contribution in [0.5, 0.6) is 5.75 Å². The molecule has 0 aliphatic carbocycles. The summed E-state index contributed by atoms with van der Waals surface area (Å²) < 4.78 is 20.5. The summed E-state index contributed by atoms with van der Waals surface area (Å²) >= 11 is 0. The van der Waals surface area contributed by atoms with Crippen LogP contribution in [-0.2, 0) is 11.3 Å². The number of carbonyl (C=O) groups is 2. The third kappa shape index (κ3) is 4.24. The predicted octanol–water partition coefficient (Wildman–Crippen LogP) is 3.41. The van der Waals surface area contributed by atoms with E-state index in [0.717, 1.165) is 6.07 Å². The molecule has 2 heterocycles. The summed E-state index contributed by atoms with van der Waals surface area (Å²) in [6.45, 7) is -0.198.